The Labute approximate surface area is 110 Å². The summed E-state index contributed by atoms with van der Waals surface area (Å²) >= 11 is 0. The van der Waals surface area contributed by atoms with E-state index in [-0.39, 0.29) is 11.8 Å². The zero-order chi connectivity index (χ0) is 13.5. The van der Waals surface area contributed by atoms with Crippen LogP contribution >= 0.6 is 0 Å². The second-order valence-electron chi connectivity index (χ2n) is 5.35. The fourth-order valence-electron chi connectivity index (χ4n) is 1.95. The van der Waals surface area contributed by atoms with Gasteiger partial charge in [-0.2, -0.15) is 0 Å². The molecule has 1 aromatic carbocycles. The third-order valence-corrected chi connectivity index (χ3v) is 2.83. The molecule has 3 heteroatoms. The van der Waals surface area contributed by atoms with E-state index in [0.29, 0.717) is 18.9 Å². The van der Waals surface area contributed by atoms with Gasteiger partial charge in [0.25, 0.3) is 0 Å². The highest BCUT2D eigenvalue weighted by molar-refractivity contribution is 5.84. The van der Waals surface area contributed by atoms with Crippen molar-refractivity contribution >= 4 is 5.78 Å². The van der Waals surface area contributed by atoms with Crippen LogP contribution in [0.1, 0.15) is 25.8 Å². The first-order valence-corrected chi connectivity index (χ1v) is 6.49. The molecule has 0 aliphatic carbocycles. The van der Waals surface area contributed by atoms with Crippen LogP contribution in [0.3, 0.4) is 0 Å². The van der Waals surface area contributed by atoms with Crippen molar-refractivity contribution < 1.29 is 4.79 Å². The van der Waals surface area contributed by atoms with Crippen LogP contribution in [0.2, 0.25) is 0 Å². The number of rotatable bonds is 7. The molecule has 1 atom stereocenters. The van der Waals surface area contributed by atoms with Crippen molar-refractivity contribution in [3.8, 4) is 0 Å². The molecule has 100 valence electrons. The van der Waals surface area contributed by atoms with Crippen molar-refractivity contribution in [2.75, 3.05) is 13.6 Å². The number of hydrogen-bond acceptors (Lipinski definition) is 3. The van der Waals surface area contributed by atoms with Gasteiger partial charge in [-0.05, 0) is 18.5 Å². The van der Waals surface area contributed by atoms with Gasteiger partial charge < -0.3 is 10.6 Å². The Balaban J connectivity index is 2.40. The molecule has 0 heterocycles. The highest BCUT2D eigenvalue weighted by Gasteiger charge is 2.16. The molecule has 0 saturated heterocycles. The van der Waals surface area contributed by atoms with Gasteiger partial charge in [-0.3, -0.25) is 4.79 Å². The number of benzene rings is 1. The third-order valence-electron chi connectivity index (χ3n) is 2.83. The maximum atomic E-state index is 11.8. The monoisotopic (exact) mass is 248 g/mol. The minimum Gasteiger partial charge on any atom is -0.320 e. The largest absolute Gasteiger partial charge is 0.320 e. The highest BCUT2D eigenvalue weighted by atomic mass is 16.1. The van der Waals surface area contributed by atoms with Gasteiger partial charge in [0.15, 0.2) is 5.78 Å². The molecule has 0 spiro atoms. The molecule has 0 aliphatic rings. The number of nitrogens with two attached hydrogens (primary N) is 1. The predicted octanol–water partition coefficient (Wildman–Crippen LogP) is 2.06. The first-order valence-electron chi connectivity index (χ1n) is 6.49. The summed E-state index contributed by atoms with van der Waals surface area (Å²) in [6, 6.07) is 9.83. The van der Waals surface area contributed by atoms with Gasteiger partial charge in [0.2, 0.25) is 0 Å². The second kappa shape index (κ2) is 7.29. The number of carbonyl (C=O) groups excluding carboxylic acids is 1. The molecule has 0 aliphatic heterocycles. The lowest BCUT2D eigenvalue weighted by Gasteiger charge is -2.21. The number of hydrogen-bond donors (Lipinski definition) is 1. The topological polar surface area (TPSA) is 46.3 Å². The van der Waals surface area contributed by atoms with Crippen LogP contribution in [0, 0.1) is 5.92 Å². The molecule has 3 nitrogen and oxygen atoms in total. The van der Waals surface area contributed by atoms with Crippen molar-refractivity contribution in [2.24, 2.45) is 11.7 Å². The van der Waals surface area contributed by atoms with Gasteiger partial charge >= 0.3 is 0 Å². The first-order chi connectivity index (χ1) is 8.49. The highest BCUT2D eigenvalue weighted by Crippen LogP contribution is 2.06. The van der Waals surface area contributed by atoms with E-state index in [1.807, 2.05) is 39.1 Å². The minimum absolute atomic E-state index is 0.157. The Bertz CT molecular complexity index is 362. The van der Waals surface area contributed by atoms with E-state index in [2.05, 4.69) is 17.0 Å². The van der Waals surface area contributed by atoms with Crippen LogP contribution in [0.4, 0.5) is 0 Å². The quantitative estimate of drug-likeness (QED) is 0.803. The van der Waals surface area contributed by atoms with Crippen molar-refractivity contribution in [2.45, 2.75) is 32.9 Å². The lowest BCUT2D eigenvalue weighted by atomic mass is 10.0. The SMILES string of the molecule is CC(C)CC(=O)C(N)CN(C)Cc1ccccc1. The van der Waals surface area contributed by atoms with E-state index in [9.17, 15) is 4.79 Å². The van der Waals surface area contributed by atoms with E-state index in [4.69, 9.17) is 5.73 Å². The van der Waals surface area contributed by atoms with Crippen LogP contribution in [0.25, 0.3) is 0 Å². The second-order valence-corrected chi connectivity index (χ2v) is 5.35. The fourth-order valence-corrected chi connectivity index (χ4v) is 1.95. The average molecular weight is 248 g/mol. The van der Waals surface area contributed by atoms with Gasteiger partial charge in [-0.1, -0.05) is 44.2 Å². The number of ketones is 1. The van der Waals surface area contributed by atoms with E-state index >= 15 is 0 Å². The number of likely N-dealkylation sites (N-methyl/N-ethyl adjacent to an activating group) is 1. The molecule has 1 unspecified atom stereocenters. The Morgan fingerprint density at radius 2 is 1.89 bits per heavy atom. The lowest BCUT2D eigenvalue weighted by Crippen LogP contribution is -2.41. The summed E-state index contributed by atoms with van der Waals surface area (Å²) < 4.78 is 0. The third kappa shape index (κ3) is 5.43. The summed E-state index contributed by atoms with van der Waals surface area (Å²) in [7, 11) is 2.00. The summed E-state index contributed by atoms with van der Waals surface area (Å²) in [4.78, 5) is 13.9. The molecule has 0 saturated carbocycles. The Morgan fingerprint density at radius 3 is 2.44 bits per heavy atom. The Hall–Kier alpha value is -1.19. The molecular formula is C15H24N2O. The number of nitrogens with zero attached hydrogens (tertiary/aromatic N) is 1. The molecule has 0 radical (unpaired) electrons. The molecule has 0 bridgehead atoms. The molecule has 1 aromatic rings. The maximum Gasteiger partial charge on any atom is 0.151 e. The van der Waals surface area contributed by atoms with E-state index < -0.39 is 0 Å². The van der Waals surface area contributed by atoms with Crippen LogP contribution in [0.15, 0.2) is 30.3 Å². The predicted molar refractivity (Wildman–Crippen MR) is 75.2 cm³/mol. The summed E-state index contributed by atoms with van der Waals surface area (Å²) in [6.07, 6.45) is 0.570. The zero-order valence-electron chi connectivity index (χ0n) is 11.6. The molecule has 18 heavy (non-hydrogen) atoms. The maximum absolute atomic E-state index is 11.8. The Kier molecular flexibility index (Phi) is 6.02. The zero-order valence-corrected chi connectivity index (χ0v) is 11.6. The van der Waals surface area contributed by atoms with Crippen LogP contribution < -0.4 is 5.73 Å². The first kappa shape index (κ1) is 14.9. The fraction of sp³-hybridized carbons (Fsp3) is 0.533. The van der Waals surface area contributed by atoms with Crippen molar-refractivity contribution in [3.63, 3.8) is 0 Å². The number of Topliss-reactive ketones (excluding diaryl/α,β-unsaturated/α-hetero) is 1. The van der Waals surface area contributed by atoms with Crippen LogP contribution in [-0.4, -0.2) is 30.3 Å². The van der Waals surface area contributed by atoms with E-state index in [0.717, 1.165) is 6.54 Å². The summed E-state index contributed by atoms with van der Waals surface area (Å²) in [5.74, 6) is 0.535. The van der Waals surface area contributed by atoms with Gasteiger partial charge in [0.1, 0.15) is 0 Å². The minimum atomic E-state index is -0.374. The van der Waals surface area contributed by atoms with Gasteiger partial charge in [-0.15, -0.1) is 0 Å². The summed E-state index contributed by atoms with van der Waals surface area (Å²) in [5.41, 5.74) is 7.17. The standard InChI is InChI=1S/C15H24N2O/c1-12(2)9-15(18)14(16)11-17(3)10-13-7-5-4-6-8-13/h4-8,12,14H,9-11,16H2,1-3H3. The summed E-state index contributed by atoms with van der Waals surface area (Å²) in [6.45, 7) is 5.51. The van der Waals surface area contributed by atoms with Crippen LogP contribution in [0.5, 0.6) is 0 Å². The van der Waals surface area contributed by atoms with Crippen molar-refractivity contribution in [1.82, 2.24) is 4.90 Å². The molecule has 0 aromatic heterocycles. The molecule has 1 rings (SSSR count). The molecule has 0 amide bonds. The average Bonchev–Trinajstić information content (AvgIpc) is 2.29. The van der Waals surface area contributed by atoms with Crippen molar-refractivity contribution in [3.05, 3.63) is 35.9 Å². The van der Waals surface area contributed by atoms with Gasteiger partial charge in [-0.25, -0.2) is 0 Å². The van der Waals surface area contributed by atoms with E-state index in [1.165, 1.54) is 5.56 Å². The molecular weight excluding hydrogens is 224 g/mol. The van der Waals surface area contributed by atoms with Gasteiger partial charge in [0, 0.05) is 19.5 Å². The molecule has 2 N–H and O–H groups in total. The van der Waals surface area contributed by atoms with Gasteiger partial charge in [0.05, 0.1) is 6.04 Å². The van der Waals surface area contributed by atoms with E-state index in [1.54, 1.807) is 0 Å². The normalized spacial score (nSPS) is 13.0. The van der Waals surface area contributed by atoms with Crippen molar-refractivity contribution in [1.29, 1.82) is 0 Å². The Morgan fingerprint density at radius 1 is 1.28 bits per heavy atom. The van der Waals surface area contributed by atoms with Crippen LogP contribution in [-0.2, 0) is 11.3 Å². The number of carbonyl (C=O) groups is 1. The molecule has 0 fully saturated rings. The lowest BCUT2D eigenvalue weighted by molar-refractivity contribution is -0.121. The smallest absolute Gasteiger partial charge is 0.151 e. The summed E-state index contributed by atoms with van der Waals surface area (Å²) in [5, 5.41) is 0.